The Bertz CT molecular complexity index is 1330. The molecule has 1 heterocycles. The van der Waals surface area contributed by atoms with Crippen LogP contribution in [0.25, 0.3) is 10.1 Å². The Morgan fingerprint density at radius 3 is 2.59 bits per heavy atom. The number of ether oxygens (including phenoxy) is 2. The van der Waals surface area contributed by atoms with Crippen molar-refractivity contribution in [1.29, 1.82) is 0 Å². The van der Waals surface area contributed by atoms with Gasteiger partial charge in [0.05, 0.1) is 18.3 Å². The average molecular weight is 465 g/mol. The smallest absolute Gasteiger partial charge is 0.355 e. The molecule has 8 heteroatoms. The molecular weight excluding hydrogens is 448 g/mol. The minimum Gasteiger partial charge on any atom is -0.497 e. The second-order valence-corrected chi connectivity index (χ2v) is 8.06. The molecule has 0 aliphatic rings. The number of rotatable bonds is 6. The number of hydrogen-bond donors (Lipinski definition) is 1. The number of fused-ring (bicyclic) bond motifs is 1. The van der Waals surface area contributed by atoms with Crippen molar-refractivity contribution in [2.45, 2.75) is 0 Å². The molecule has 6 nitrogen and oxygen atoms in total. The zero-order chi connectivity index (χ0) is 22.5. The molecule has 1 aromatic heterocycles. The zero-order valence-corrected chi connectivity index (χ0v) is 18.4. The van der Waals surface area contributed by atoms with Crippen molar-refractivity contribution in [3.63, 3.8) is 0 Å². The number of amides is 1. The fraction of sp³-hybridized carbons (Fsp3) is 0.0417. The predicted molar refractivity (Wildman–Crippen MR) is 126 cm³/mol. The van der Waals surface area contributed by atoms with Gasteiger partial charge in [0.1, 0.15) is 16.4 Å². The highest BCUT2D eigenvalue weighted by atomic mass is 35.5. The van der Waals surface area contributed by atoms with Crippen LogP contribution < -0.4 is 14.9 Å². The van der Waals surface area contributed by atoms with Gasteiger partial charge in [-0.3, -0.25) is 4.79 Å². The van der Waals surface area contributed by atoms with Gasteiger partial charge in [0, 0.05) is 15.6 Å². The van der Waals surface area contributed by atoms with Gasteiger partial charge in [0.15, 0.2) is 0 Å². The molecule has 4 aromatic rings. The first-order valence-electron chi connectivity index (χ1n) is 9.52. The molecule has 160 valence electrons. The molecule has 1 N–H and O–H groups in total. The second kappa shape index (κ2) is 9.64. The van der Waals surface area contributed by atoms with E-state index in [9.17, 15) is 9.59 Å². The van der Waals surface area contributed by atoms with E-state index in [2.05, 4.69) is 10.5 Å². The minimum atomic E-state index is -0.531. The standard InChI is InChI=1S/C24H17ClN2O4S/c1-30-17-8-5-7-16(13-17)23(28)27-26-14-15-6-4-9-18(12-15)31-24(29)22-21(25)19-10-2-3-11-20(19)32-22/h2-14H,1H3,(H,27,28)/b26-14+. The number of thiophene rings is 1. The fourth-order valence-corrected chi connectivity index (χ4v) is 4.34. The van der Waals surface area contributed by atoms with Crippen LogP contribution in [-0.4, -0.2) is 25.2 Å². The fourth-order valence-electron chi connectivity index (χ4n) is 2.95. The van der Waals surface area contributed by atoms with E-state index in [4.69, 9.17) is 21.1 Å². The molecule has 0 bridgehead atoms. The maximum absolute atomic E-state index is 12.6. The molecule has 4 rings (SSSR count). The number of esters is 1. The summed E-state index contributed by atoms with van der Waals surface area (Å²) in [5.41, 5.74) is 3.52. The SMILES string of the molecule is COc1cccc(C(=O)N/N=C/c2cccc(OC(=O)c3sc4ccccc4c3Cl)c2)c1. The van der Waals surface area contributed by atoms with Gasteiger partial charge >= 0.3 is 5.97 Å². The molecule has 0 aliphatic heterocycles. The van der Waals surface area contributed by atoms with Gasteiger partial charge in [-0.05, 0) is 42.0 Å². The third-order valence-corrected chi connectivity index (χ3v) is 6.16. The summed E-state index contributed by atoms with van der Waals surface area (Å²) in [6.07, 6.45) is 1.46. The molecule has 0 spiro atoms. The Kier molecular flexibility index (Phi) is 6.49. The topological polar surface area (TPSA) is 77.0 Å². The molecular formula is C24H17ClN2O4S. The third-order valence-electron chi connectivity index (χ3n) is 4.50. The number of carbonyl (C=O) groups excluding carboxylic acids is 2. The van der Waals surface area contributed by atoms with E-state index in [1.54, 1.807) is 48.5 Å². The monoisotopic (exact) mass is 464 g/mol. The molecule has 1 amide bonds. The average Bonchev–Trinajstić information content (AvgIpc) is 3.16. The van der Waals surface area contributed by atoms with Crippen molar-refractivity contribution < 1.29 is 19.1 Å². The molecule has 0 saturated heterocycles. The maximum Gasteiger partial charge on any atom is 0.355 e. The van der Waals surface area contributed by atoms with Crippen molar-refractivity contribution in [3.05, 3.63) is 93.8 Å². The van der Waals surface area contributed by atoms with E-state index in [0.29, 0.717) is 32.5 Å². The largest absolute Gasteiger partial charge is 0.497 e. The lowest BCUT2D eigenvalue weighted by Gasteiger charge is -2.04. The number of benzene rings is 3. The number of methoxy groups -OCH3 is 1. The van der Waals surface area contributed by atoms with Crippen molar-refractivity contribution in [3.8, 4) is 11.5 Å². The van der Waals surface area contributed by atoms with Crippen LogP contribution in [-0.2, 0) is 0 Å². The molecule has 32 heavy (non-hydrogen) atoms. The third kappa shape index (κ3) is 4.80. The highest BCUT2D eigenvalue weighted by Gasteiger charge is 2.19. The number of halogens is 1. The molecule has 0 saturated carbocycles. The molecule has 0 aliphatic carbocycles. The van der Waals surface area contributed by atoms with E-state index in [-0.39, 0.29) is 5.91 Å². The van der Waals surface area contributed by atoms with Crippen LogP contribution in [0, 0.1) is 0 Å². The summed E-state index contributed by atoms with van der Waals surface area (Å²) in [6, 6.07) is 21.1. The first-order chi connectivity index (χ1) is 15.5. The predicted octanol–water partition coefficient (Wildman–Crippen LogP) is 5.55. The van der Waals surface area contributed by atoms with Crippen LogP contribution in [0.5, 0.6) is 11.5 Å². The Balaban J connectivity index is 1.43. The summed E-state index contributed by atoms with van der Waals surface area (Å²) in [4.78, 5) is 25.2. The molecule has 0 unspecified atom stereocenters. The molecule has 0 atom stereocenters. The van der Waals surface area contributed by atoms with E-state index < -0.39 is 5.97 Å². The second-order valence-electron chi connectivity index (χ2n) is 6.63. The molecule has 0 radical (unpaired) electrons. The van der Waals surface area contributed by atoms with Crippen LogP contribution in [0.15, 0.2) is 77.9 Å². The normalized spacial score (nSPS) is 10.9. The number of carbonyl (C=O) groups is 2. The highest BCUT2D eigenvalue weighted by molar-refractivity contribution is 7.21. The van der Waals surface area contributed by atoms with Gasteiger partial charge in [0.25, 0.3) is 5.91 Å². The van der Waals surface area contributed by atoms with E-state index >= 15 is 0 Å². The maximum atomic E-state index is 12.6. The van der Waals surface area contributed by atoms with Crippen molar-refractivity contribution in [1.82, 2.24) is 5.43 Å². The van der Waals surface area contributed by atoms with Crippen LogP contribution in [0.3, 0.4) is 0 Å². The van der Waals surface area contributed by atoms with Gasteiger partial charge in [-0.1, -0.05) is 48.0 Å². The number of hydrazone groups is 1. The Hall–Kier alpha value is -3.68. The van der Waals surface area contributed by atoms with Crippen LogP contribution in [0.1, 0.15) is 25.6 Å². The van der Waals surface area contributed by atoms with Crippen LogP contribution >= 0.6 is 22.9 Å². The van der Waals surface area contributed by atoms with Gasteiger partial charge in [-0.2, -0.15) is 5.10 Å². The lowest BCUT2D eigenvalue weighted by molar-refractivity contribution is 0.0740. The van der Waals surface area contributed by atoms with Crippen LogP contribution in [0.4, 0.5) is 0 Å². The van der Waals surface area contributed by atoms with E-state index in [0.717, 1.165) is 10.1 Å². The Morgan fingerprint density at radius 2 is 1.78 bits per heavy atom. The van der Waals surface area contributed by atoms with Gasteiger partial charge in [-0.15, -0.1) is 11.3 Å². The van der Waals surface area contributed by atoms with E-state index in [1.165, 1.54) is 24.7 Å². The summed E-state index contributed by atoms with van der Waals surface area (Å²) in [6.45, 7) is 0. The quantitative estimate of drug-likeness (QED) is 0.176. The lowest BCUT2D eigenvalue weighted by Crippen LogP contribution is -2.17. The number of nitrogens with one attached hydrogen (secondary N) is 1. The summed E-state index contributed by atoms with van der Waals surface area (Å²) in [5.74, 6) is 0.0141. The molecule has 3 aromatic carbocycles. The summed E-state index contributed by atoms with van der Waals surface area (Å²) in [5, 5.41) is 5.17. The van der Waals surface area contributed by atoms with Crippen molar-refractivity contribution in [2.24, 2.45) is 5.10 Å². The van der Waals surface area contributed by atoms with Crippen LogP contribution in [0.2, 0.25) is 5.02 Å². The summed E-state index contributed by atoms with van der Waals surface area (Å²) < 4.78 is 11.5. The summed E-state index contributed by atoms with van der Waals surface area (Å²) in [7, 11) is 1.53. The van der Waals surface area contributed by atoms with Gasteiger partial charge in [-0.25, -0.2) is 10.2 Å². The number of nitrogens with zero attached hydrogens (tertiary/aromatic N) is 1. The first kappa shape index (κ1) is 21.5. The summed E-state index contributed by atoms with van der Waals surface area (Å²) >= 11 is 7.64. The minimum absolute atomic E-state index is 0.339. The van der Waals surface area contributed by atoms with Gasteiger partial charge in [0.2, 0.25) is 0 Å². The highest BCUT2D eigenvalue weighted by Crippen LogP contribution is 2.35. The Morgan fingerprint density at radius 1 is 1.00 bits per heavy atom. The Labute approximate surface area is 193 Å². The van der Waals surface area contributed by atoms with Crippen molar-refractivity contribution in [2.75, 3.05) is 7.11 Å². The van der Waals surface area contributed by atoms with Crippen molar-refractivity contribution >= 4 is 51.1 Å². The van der Waals surface area contributed by atoms with E-state index in [1.807, 2.05) is 24.3 Å². The molecule has 0 fully saturated rings. The lowest BCUT2D eigenvalue weighted by atomic mass is 10.2. The first-order valence-corrected chi connectivity index (χ1v) is 10.7. The van der Waals surface area contributed by atoms with Gasteiger partial charge < -0.3 is 9.47 Å². The number of hydrogen-bond acceptors (Lipinski definition) is 6. The zero-order valence-electron chi connectivity index (χ0n) is 16.9.